The monoisotopic (exact) mass is 329 g/mol. The molecule has 1 aliphatic heterocycles. The number of carbonyl (C=O) groups excluding carboxylic acids is 1. The van der Waals surface area contributed by atoms with Gasteiger partial charge in [-0.15, -0.1) is 0 Å². The molecule has 24 heavy (non-hydrogen) atoms. The number of hydrogen-bond donors (Lipinski definition) is 0. The number of anilines is 1. The molecule has 0 N–H and O–H groups in total. The third-order valence-electron chi connectivity index (χ3n) is 4.06. The van der Waals surface area contributed by atoms with Crippen molar-refractivity contribution in [2.75, 3.05) is 18.1 Å². The van der Waals surface area contributed by atoms with Crippen molar-refractivity contribution in [2.24, 2.45) is 0 Å². The van der Waals surface area contributed by atoms with Crippen molar-refractivity contribution in [1.82, 2.24) is 19.7 Å². The first-order valence-corrected chi connectivity index (χ1v) is 8.20. The van der Waals surface area contributed by atoms with Crippen LogP contribution in [0.2, 0.25) is 0 Å². The van der Waals surface area contributed by atoms with E-state index in [2.05, 4.69) is 45.4 Å². The number of fused-ring (bicyclic) bond motifs is 1. The van der Waals surface area contributed by atoms with Crippen molar-refractivity contribution < 1.29 is 9.53 Å². The second-order valence-electron chi connectivity index (χ2n) is 6.85. The van der Waals surface area contributed by atoms with Crippen molar-refractivity contribution in [2.45, 2.75) is 46.2 Å². The Kier molecular flexibility index (Phi) is 4.26. The molecule has 0 spiro atoms. The molecule has 0 atom stereocenters. The summed E-state index contributed by atoms with van der Waals surface area (Å²) in [6.07, 6.45) is 5.76. The van der Waals surface area contributed by atoms with Gasteiger partial charge in [0.25, 0.3) is 0 Å². The summed E-state index contributed by atoms with van der Waals surface area (Å²) in [5.74, 6) is 0.238. The van der Waals surface area contributed by atoms with Crippen LogP contribution in [0, 0.1) is 0 Å². The van der Waals surface area contributed by atoms with Gasteiger partial charge in [0.1, 0.15) is 17.7 Å². The fourth-order valence-electron chi connectivity index (χ4n) is 3.02. The maximum Gasteiger partial charge on any atom is 0.343 e. The SMILES string of the molecule is CCOC(=O)c1cncnc1N1CCc2c(cnn2C(C)(C)C)C1. The molecule has 0 saturated carbocycles. The van der Waals surface area contributed by atoms with Crippen molar-refractivity contribution in [3.63, 3.8) is 0 Å². The lowest BCUT2D eigenvalue weighted by Crippen LogP contribution is -2.35. The molecule has 0 fully saturated rings. The molecule has 7 nitrogen and oxygen atoms in total. The lowest BCUT2D eigenvalue weighted by atomic mass is 10.0. The van der Waals surface area contributed by atoms with Crippen LogP contribution in [0.5, 0.6) is 0 Å². The second kappa shape index (κ2) is 6.22. The quantitative estimate of drug-likeness (QED) is 0.804. The zero-order chi connectivity index (χ0) is 17.3. The molecule has 0 saturated heterocycles. The van der Waals surface area contributed by atoms with Gasteiger partial charge in [-0.25, -0.2) is 14.8 Å². The number of carbonyl (C=O) groups is 1. The summed E-state index contributed by atoms with van der Waals surface area (Å²) >= 11 is 0. The smallest absolute Gasteiger partial charge is 0.343 e. The highest BCUT2D eigenvalue weighted by atomic mass is 16.5. The van der Waals surface area contributed by atoms with Gasteiger partial charge in [0, 0.05) is 37.0 Å². The molecule has 3 heterocycles. The number of aromatic nitrogens is 4. The summed E-state index contributed by atoms with van der Waals surface area (Å²) < 4.78 is 7.20. The van der Waals surface area contributed by atoms with E-state index in [4.69, 9.17) is 4.74 Å². The van der Waals surface area contributed by atoms with Gasteiger partial charge >= 0.3 is 5.97 Å². The van der Waals surface area contributed by atoms with E-state index in [1.807, 2.05) is 6.20 Å². The summed E-state index contributed by atoms with van der Waals surface area (Å²) in [7, 11) is 0. The molecule has 0 unspecified atom stereocenters. The Morgan fingerprint density at radius 1 is 1.33 bits per heavy atom. The number of rotatable bonds is 3. The molecule has 3 rings (SSSR count). The predicted octanol–water partition coefficient (Wildman–Crippen LogP) is 2.17. The Bertz CT molecular complexity index is 748. The van der Waals surface area contributed by atoms with Gasteiger partial charge in [0.15, 0.2) is 0 Å². The molecular weight excluding hydrogens is 306 g/mol. The summed E-state index contributed by atoms with van der Waals surface area (Å²) in [6.45, 7) is 10.0. The predicted molar refractivity (Wildman–Crippen MR) is 90.0 cm³/mol. The van der Waals surface area contributed by atoms with Crippen molar-refractivity contribution in [1.29, 1.82) is 0 Å². The standard InChI is InChI=1S/C17H23N5O2/c1-5-24-16(23)13-9-18-11-19-15(13)21-7-6-14-12(10-21)8-20-22(14)17(2,3)4/h8-9,11H,5-7,10H2,1-4H3. The second-order valence-corrected chi connectivity index (χ2v) is 6.85. The normalized spacial score (nSPS) is 14.4. The fourth-order valence-corrected chi connectivity index (χ4v) is 3.02. The van der Waals surface area contributed by atoms with Crippen LogP contribution < -0.4 is 4.90 Å². The van der Waals surface area contributed by atoms with Crippen LogP contribution in [0.4, 0.5) is 5.82 Å². The highest BCUT2D eigenvalue weighted by molar-refractivity contribution is 5.94. The Labute approximate surface area is 141 Å². The Balaban J connectivity index is 1.89. The number of nitrogens with zero attached hydrogens (tertiary/aromatic N) is 5. The molecule has 128 valence electrons. The molecule has 0 amide bonds. The van der Waals surface area contributed by atoms with Gasteiger partial charge in [0.05, 0.1) is 18.3 Å². The topological polar surface area (TPSA) is 73.1 Å². The summed E-state index contributed by atoms with van der Waals surface area (Å²) in [5, 5.41) is 4.55. The number of hydrogen-bond acceptors (Lipinski definition) is 6. The van der Waals surface area contributed by atoms with Crippen LogP contribution in [-0.4, -0.2) is 38.9 Å². The van der Waals surface area contributed by atoms with Gasteiger partial charge < -0.3 is 9.64 Å². The lowest BCUT2D eigenvalue weighted by Gasteiger charge is -2.31. The van der Waals surface area contributed by atoms with Crippen molar-refractivity contribution in [3.8, 4) is 0 Å². The maximum atomic E-state index is 12.1. The van der Waals surface area contributed by atoms with Gasteiger partial charge in [0.2, 0.25) is 0 Å². The Morgan fingerprint density at radius 3 is 2.83 bits per heavy atom. The van der Waals surface area contributed by atoms with Crippen LogP contribution in [0.1, 0.15) is 49.3 Å². The zero-order valence-corrected chi connectivity index (χ0v) is 14.6. The van der Waals surface area contributed by atoms with E-state index < -0.39 is 0 Å². The highest BCUT2D eigenvalue weighted by Crippen LogP contribution is 2.28. The van der Waals surface area contributed by atoms with E-state index in [9.17, 15) is 4.79 Å². The largest absolute Gasteiger partial charge is 0.462 e. The van der Waals surface area contributed by atoms with Gasteiger partial charge in [-0.1, -0.05) is 0 Å². The van der Waals surface area contributed by atoms with Crippen LogP contribution in [0.15, 0.2) is 18.7 Å². The van der Waals surface area contributed by atoms with E-state index in [1.54, 1.807) is 6.92 Å². The highest BCUT2D eigenvalue weighted by Gasteiger charge is 2.28. The molecule has 2 aromatic heterocycles. The van der Waals surface area contributed by atoms with Crippen LogP contribution in [0.3, 0.4) is 0 Å². The number of esters is 1. The molecule has 0 bridgehead atoms. The first-order valence-electron chi connectivity index (χ1n) is 8.20. The zero-order valence-electron chi connectivity index (χ0n) is 14.6. The third-order valence-corrected chi connectivity index (χ3v) is 4.06. The summed E-state index contributed by atoms with van der Waals surface area (Å²) in [4.78, 5) is 22.5. The van der Waals surface area contributed by atoms with Gasteiger partial charge in [-0.3, -0.25) is 4.68 Å². The summed E-state index contributed by atoms with van der Waals surface area (Å²) in [5.41, 5.74) is 2.79. The Hall–Kier alpha value is -2.44. The molecule has 7 heteroatoms. The molecule has 1 aliphatic rings. The Morgan fingerprint density at radius 2 is 2.12 bits per heavy atom. The molecule has 0 aromatic carbocycles. The molecule has 0 radical (unpaired) electrons. The van der Waals surface area contributed by atoms with Crippen LogP contribution in [-0.2, 0) is 23.2 Å². The van der Waals surface area contributed by atoms with E-state index in [1.165, 1.54) is 23.8 Å². The minimum absolute atomic E-state index is 0.0409. The van der Waals surface area contributed by atoms with E-state index in [0.29, 0.717) is 24.5 Å². The minimum atomic E-state index is -0.385. The van der Waals surface area contributed by atoms with E-state index in [-0.39, 0.29) is 11.5 Å². The summed E-state index contributed by atoms with van der Waals surface area (Å²) in [6, 6.07) is 0. The first-order chi connectivity index (χ1) is 11.4. The van der Waals surface area contributed by atoms with Crippen LogP contribution >= 0.6 is 0 Å². The number of ether oxygens (including phenoxy) is 1. The lowest BCUT2D eigenvalue weighted by molar-refractivity contribution is 0.0526. The van der Waals surface area contributed by atoms with Gasteiger partial charge in [-0.2, -0.15) is 5.10 Å². The minimum Gasteiger partial charge on any atom is -0.462 e. The molecular formula is C17H23N5O2. The van der Waals surface area contributed by atoms with Crippen LogP contribution in [0.25, 0.3) is 0 Å². The average molecular weight is 329 g/mol. The van der Waals surface area contributed by atoms with Crippen molar-refractivity contribution in [3.05, 3.63) is 35.5 Å². The van der Waals surface area contributed by atoms with E-state index in [0.717, 1.165) is 13.0 Å². The average Bonchev–Trinajstić information content (AvgIpc) is 2.98. The fraction of sp³-hybridized carbons (Fsp3) is 0.529. The molecule has 2 aromatic rings. The van der Waals surface area contributed by atoms with Gasteiger partial charge in [-0.05, 0) is 27.7 Å². The first kappa shape index (κ1) is 16.4. The third kappa shape index (κ3) is 2.98. The molecule has 0 aliphatic carbocycles. The van der Waals surface area contributed by atoms with E-state index >= 15 is 0 Å². The maximum absolute atomic E-state index is 12.1. The van der Waals surface area contributed by atoms with Crippen molar-refractivity contribution >= 4 is 11.8 Å².